The van der Waals surface area contributed by atoms with Crippen LogP contribution in [0.25, 0.3) is 6.08 Å². The van der Waals surface area contributed by atoms with Gasteiger partial charge in [0.2, 0.25) is 0 Å². The number of pyridine rings is 1. The summed E-state index contributed by atoms with van der Waals surface area (Å²) in [6.45, 7) is 0. The van der Waals surface area contributed by atoms with Crippen LogP contribution in [0.15, 0.2) is 71.5 Å². The topological polar surface area (TPSA) is 81.4 Å². The number of carbonyl (C=O) groups is 2. The molecule has 0 radical (unpaired) electrons. The molecule has 0 atom stereocenters. The second-order valence-corrected chi connectivity index (χ2v) is 5.30. The molecule has 6 nitrogen and oxygen atoms in total. The number of aromatic nitrogens is 1. The Hall–Kier alpha value is -3.67. The number of furan rings is 1. The first-order valence-corrected chi connectivity index (χ1v) is 7.87. The minimum absolute atomic E-state index is 0.140. The van der Waals surface area contributed by atoms with Crippen molar-refractivity contribution in [3.63, 3.8) is 0 Å². The summed E-state index contributed by atoms with van der Waals surface area (Å²) in [7, 11) is 1.54. The first kappa shape index (κ1) is 17.2. The Morgan fingerprint density at radius 1 is 1.12 bits per heavy atom. The van der Waals surface area contributed by atoms with Crippen LogP contribution in [0, 0.1) is 0 Å². The molecule has 0 fully saturated rings. The van der Waals surface area contributed by atoms with E-state index in [9.17, 15) is 9.59 Å². The normalized spacial score (nSPS) is 10.7. The number of nitrogens with zero attached hydrogens (tertiary/aromatic N) is 1. The Labute approximate surface area is 150 Å². The molecule has 1 amide bonds. The van der Waals surface area contributed by atoms with Crippen molar-refractivity contribution in [2.45, 2.75) is 0 Å². The third-order valence-electron chi connectivity index (χ3n) is 3.51. The number of hydrogen-bond acceptors (Lipinski definition) is 5. The number of allylic oxidation sites excluding steroid dienone is 1. The Kier molecular flexibility index (Phi) is 5.24. The lowest BCUT2D eigenvalue weighted by molar-refractivity contribution is 0.0957. The molecule has 130 valence electrons. The third-order valence-corrected chi connectivity index (χ3v) is 3.51. The molecule has 0 aliphatic rings. The van der Waals surface area contributed by atoms with Crippen LogP contribution in [0.1, 0.15) is 26.6 Å². The van der Waals surface area contributed by atoms with Crippen LogP contribution < -0.4 is 10.1 Å². The van der Waals surface area contributed by atoms with E-state index in [1.54, 1.807) is 60.9 Å². The largest absolute Gasteiger partial charge is 0.465 e. The molecular weight excluding hydrogens is 332 g/mol. The average molecular weight is 348 g/mol. The number of nitrogens with one attached hydrogen (secondary N) is 1. The third kappa shape index (κ3) is 4.24. The highest BCUT2D eigenvalue weighted by Gasteiger charge is 2.07. The fraction of sp³-hybridized carbons (Fsp3) is 0.0500. The van der Waals surface area contributed by atoms with Gasteiger partial charge >= 0.3 is 0 Å². The van der Waals surface area contributed by atoms with Gasteiger partial charge in [-0.25, -0.2) is 0 Å². The van der Waals surface area contributed by atoms with Crippen molar-refractivity contribution in [2.75, 3.05) is 7.05 Å². The van der Waals surface area contributed by atoms with Crippen molar-refractivity contribution in [1.29, 1.82) is 0 Å². The van der Waals surface area contributed by atoms with Gasteiger partial charge in [-0.15, -0.1) is 0 Å². The molecule has 1 N–H and O–H groups in total. The van der Waals surface area contributed by atoms with Crippen molar-refractivity contribution in [1.82, 2.24) is 10.3 Å². The molecule has 0 bridgehead atoms. The maximum absolute atomic E-state index is 12.1. The highest BCUT2D eigenvalue weighted by atomic mass is 16.5. The zero-order valence-corrected chi connectivity index (χ0v) is 14.0. The van der Waals surface area contributed by atoms with Crippen LogP contribution in [0.5, 0.6) is 11.5 Å². The first-order chi connectivity index (χ1) is 12.7. The number of hydrogen-bond donors (Lipinski definition) is 1. The highest BCUT2D eigenvalue weighted by molar-refractivity contribution is 6.06. The van der Waals surface area contributed by atoms with Gasteiger partial charge in [-0.05, 0) is 54.6 Å². The standard InChI is InChI=1S/C20H16N2O4/c1-21-20(24)18-13-17(10-11-22-18)26-16-6-4-14(5-7-16)19(23)9-8-15-3-2-12-25-15/h2-13H,1H3,(H,21,24)/b9-8+. The van der Waals surface area contributed by atoms with E-state index in [0.29, 0.717) is 22.8 Å². The van der Waals surface area contributed by atoms with Crippen LogP contribution in [0.2, 0.25) is 0 Å². The Morgan fingerprint density at radius 2 is 1.92 bits per heavy atom. The van der Waals surface area contributed by atoms with Crippen molar-refractivity contribution < 1.29 is 18.7 Å². The van der Waals surface area contributed by atoms with Gasteiger partial charge in [0, 0.05) is 24.9 Å². The molecule has 0 aliphatic heterocycles. The molecule has 0 spiro atoms. The smallest absolute Gasteiger partial charge is 0.269 e. The zero-order valence-electron chi connectivity index (χ0n) is 14.0. The van der Waals surface area contributed by atoms with E-state index in [4.69, 9.17) is 9.15 Å². The number of ether oxygens (including phenoxy) is 1. The quantitative estimate of drug-likeness (QED) is 0.542. The molecular formula is C20H16N2O4. The summed E-state index contributed by atoms with van der Waals surface area (Å²) in [5.41, 5.74) is 0.792. The minimum Gasteiger partial charge on any atom is -0.465 e. The van der Waals surface area contributed by atoms with Gasteiger partial charge in [0.15, 0.2) is 5.78 Å². The van der Waals surface area contributed by atoms with E-state index >= 15 is 0 Å². The van der Waals surface area contributed by atoms with Crippen LogP contribution in [-0.2, 0) is 0 Å². The molecule has 2 aromatic heterocycles. The van der Waals surface area contributed by atoms with Crippen LogP contribution in [0.4, 0.5) is 0 Å². The van der Waals surface area contributed by atoms with E-state index in [-0.39, 0.29) is 17.4 Å². The summed E-state index contributed by atoms with van der Waals surface area (Å²) in [4.78, 5) is 27.7. The second kappa shape index (κ2) is 7.94. The fourth-order valence-corrected chi connectivity index (χ4v) is 2.19. The van der Waals surface area contributed by atoms with Crippen molar-refractivity contribution >= 4 is 17.8 Å². The van der Waals surface area contributed by atoms with Gasteiger partial charge in [0.25, 0.3) is 5.91 Å². The number of amides is 1. The molecule has 0 aliphatic carbocycles. The summed E-state index contributed by atoms with van der Waals surface area (Å²) >= 11 is 0. The van der Waals surface area contributed by atoms with E-state index in [1.807, 2.05) is 0 Å². The molecule has 0 saturated heterocycles. The predicted molar refractivity (Wildman–Crippen MR) is 96.2 cm³/mol. The average Bonchev–Trinajstić information content (AvgIpc) is 3.20. The van der Waals surface area contributed by atoms with Gasteiger partial charge in [-0.2, -0.15) is 0 Å². The summed E-state index contributed by atoms with van der Waals surface area (Å²) in [5, 5.41) is 2.51. The monoisotopic (exact) mass is 348 g/mol. The van der Waals surface area contributed by atoms with Crippen LogP contribution >= 0.6 is 0 Å². The SMILES string of the molecule is CNC(=O)c1cc(Oc2ccc(C(=O)/C=C/c3ccco3)cc2)ccn1. The lowest BCUT2D eigenvalue weighted by Crippen LogP contribution is -2.18. The zero-order chi connectivity index (χ0) is 18.4. The van der Waals surface area contributed by atoms with Gasteiger partial charge in [0.05, 0.1) is 6.26 Å². The van der Waals surface area contributed by atoms with E-state index in [2.05, 4.69) is 10.3 Å². The van der Waals surface area contributed by atoms with Gasteiger partial charge in [-0.3, -0.25) is 14.6 Å². The maximum atomic E-state index is 12.1. The summed E-state index contributed by atoms with van der Waals surface area (Å²) in [6, 6.07) is 13.4. The van der Waals surface area contributed by atoms with Gasteiger partial charge < -0.3 is 14.5 Å². The molecule has 2 heterocycles. The molecule has 1 aromatic carbocycles. The maximum Gasteiger partial charge on any atom is 0.269 e. The van der Waals surface area contributed by atoms with Crippen molar-refractivity contribution in [3.05, 3.63) is 84.1 Å². The van der Waals surface area contributed by atoms with Crippen LogP contribution in [0.3, 0.4) is 0 Å². The molecule has 0 unspecified atom stereocenters. The van der Waals surface area contributed by atoms with Crippen LogP contribution in [-0.4, -0.2) is 23.7 Å². The Balaban J connectivity index is 1.68. The lowest BCUT2D eigenvalue weighted by atomic mass is 10.1. The minimum atomic E-state index is -0.292. The first-order valence-electron chi connectivity index (χ1n) is 7.87. The van der Waals surface area contributed by atoms with E-state index in [0.717, 1.165) is 0 Å². The highest BCUT2D eigenvalue weighted by Crippen LogP contribution is 2.22. The molecule has 6 heteroatoms. The van der Waals surface area contributed by atoms with E-state index in [1.165, 1.54) is 19.3 Å². The number of ketones is 1. The summed E-state index contributed by atoms with van der Waals surface area (Å²) in [5.74, 6) is 1.21. The number of rotatable bonds is 6. The molecule has 0 saturated carbocycles. The Bertz CT molecular complexity index is 929. The molecule has 26 heavy (non-hydrogen) atoms. The fourth-order valence-electron chi connectivity index (χ4n) is 2.19. The summed E-state index contributed by atoms with van der Waals surface area (Å²) in [6.07, 6.45) is 6.11. The van der Waals surface area contributed by atoms with Crippen molar-refractivity contribution in [3.8, 4) is 11.5 Å². The Morgan fingerprint density at radius 3 is 2.62 bits per heavy atom. The molecule has 3 rings (SSSR count). The van der Waals surface area contributed by atoms with Gasteiger partial charge in [0.1, 0.15) is 23.0 Å². The molecule has 3 aromatic rings. The van der Waals surface area contributed by atoms with Gasteiger partial charge in [-0.1, -0.05) is 0 Å². The van der Waals surface area contributed by atoms with Crippen molar-refractivity contribution in [2.24, 2.45) is 0 Å². The second-order valence-electron chi connectivity index (χ2n) is 5.30. The van der Waals surface area contributed by atoms with E-state index < -0.39 is 0 Å². The number of carbonyl (C=O) groups excluding carboxylic acids is 2. The predicted octanol–water partition coefficient (Wildman–Crippen LogP) is 3.72. The number of benzene rings is 1. The lowest BCUT2D eigenvalue weighted by Gasteiger charge is -2.07. The summed E-state index contributed by atoms with van der Waals surface area (Å²) < 4.78 is 10.9.